The van der Waals surface area contributed by atoms with E-state index in [9.17, 15) is 9.59 Å². The maximum Gasteiger partial charge on any atom is 0.237 e. The summed E-state index contributed by atoms with van der Waals surface area (Å²) in [5.74, 6) is 0.0325. The highest BCUT2D eigenvalue weighted by atomic mass is 35.5. The summed E-state index contributed by atoms with van der Waals surface area (Å²) in [6.07, 6.45) is 0.426. The lowest BCUT2D eigenvalue weighted by molar-refractivity contribution is -0.148. The number of halogens is 1. The van der Waals surface area contributed by atoms with Crippen molar-refractivity contribution in [1.82, 2.24) is 10.2 Å². The molecule has 2 aliphatic rings. The lowest BCUT2D eigenvalue weighted by Gasteiger charge is -2.33. The first-order valence-electron chi connectivity index (χ1n) is 6.12. The van der Waals surface area contributed by atoms with Gasteiger partial charge in [0.2, 0.25) is 11.8 Å². The first kappa shape index (κ1) is 12.8. The molecule has 2 heterocycles. The van der Waals surface area contributed by atoms with Gasteiger partial charge < -0.3 is 10.2 Å². The summed E-state index contributed by atoms with van der Waals surface area (Å²) in [6, 6.07) is 7.26. The molecule has 0 aromatic heterocycles. The molecule has 3 rings (SSSR count). The molecule has 0 spiro atoms. The average Bonchev–Trinajstić information content (AvgIpc) is 2.85. The van der Waals surface area contributed by atoms with Gasteiger partial charge in [0.25, 0.3) is 0 Å². The van der Waals surface area contributed by atoms with Crippen LogP contribution in [-0.2, 0) is 16.0 Å². The molecule has 1 aromatic carbocycles. The number of carbonyl (C=O) groups is 2. The van der Waals surface area contributed by atoms with Crippen LogP contribution >= 0.6 is 23.4 Å². The zero-order valence-electron chi connectivity index (χ0n) is 10.1. The van der Waals surface area contributed by atoms with Crippen LogP contribution in [0, 0.1) is 5.92 Å². The molecule has 2 saturated heterocycles. The van der Waals surface area contributed by atoms with E-state index in [1.807, 2.05) is 12.1 Å². The van der Waals surface area contributed by atoms with E-state index in [4.69, 9.17) is 11.6 Å². The van der Waals surface area contributed by atoms with Gasteiger partial charge in [-0.1, -0.05) is 23.7 Å². The van der Waals surface area contributed by atoms with Crippen molar-refractivity contribution < 1.29 is 9.59 Å². The second kappa shape index (κ2) is 5.06. The second-order valence-electron chi connectivity index (χ2n) is 4.65. The topological polar surface area (TPSA) is 49.4 Å². The Bertz CT molecular complexity index is 520. The van der Waals surface area contributed by atoms with Gasteiger partial charge in [0, 0.05) is 17.3 Å². The Morgan fingerprint density at radius 3 is 2.79 bits per heavy atom. The van der Waals surface area contributed by atoms with E-state index in [0.717, 1.165) is 11.3 Å². The Morgan fingerprint density at radius 1 is 1.32 bits per heavy atom. The number of amides is 2. The summed E-state index contributed by atoms with van der Waals surface area (Å²) in [4.78, 5) is 26.1. The molecule has 6 heteroatoms. The molecule has 100 valence electrons. The van der Waals surface area contributed by atoms with Gasteiger partial charge in [-0.05, 0) is 24.1 Å². The molecule has 0 radical (unpaired) electrons. The van der Waals surface area contributed by atoms with Gasteiger partial charge in [0.05, 0.1) is 0 Å². The van der Waals surface area contributed by atoms with E-state index in [2.05, 4.69) is 5.32 Å². The average molecular weight is 297 g/mol. The molecule has 19 heavy (non-hydrogen) atoms. The number of nitrogens with one attached hydrogen (secondary N) is 1. The minimum absolute atomic E-state index is 0.0614. The highest BCUT2D eigenvalue weighted by molar-refractivity contribution is 8.00. The van der Waals surface area contributed by atoms with Crippen LogP contribution < -0.4 is 5.32 Å². The number of benzene rings is 1. The zero-order chi connectivity index (χ0) is 13.4. The molecule has 2 amide bonds. The third kappa shape index (κ3) is 2.44. The monoisotopic (exact) mass is 296 g/mol. The van der Waals surface area contributed by atoms with Gasteiger partial charge >= 0.3 is 0 Å². The van der Waals surface area contributed by atoms with Crippen molar-refractivity contribution in [1.29, 1.82) is 0 Å². The molecular formula is C13H13ClN2O2S. The quantitative estimate of drug-likeness (QED) is 0.841. The van der Waals surface area contributed by atoms with Crippen molar-refractivity contribution in [3.8, 4) is 0 Å². The second-order valence-corrected chi connectivity index (χ2v) is 6.27. The van der Waals surface area contributed by atoms with Crippen LogP contribution in [0.5, 0.6) is 0 Å². The Balaban J connectivity index is 1.78. The lowest BCUT2D eigenvalue weighted by atomic mass is 9.96. The number of rotatable bonds is 2. The minimum atomic E-state index is -0.615. The maximum absolute atomic E-state index is 12.3. The van der Waals surface area contributed by atoms with Crippen LogP contribution in [0.4, 0.5) is 0 Å². The summed E-state index contributed by atoms with van der Waals surface area (Å²) in [7, 11) is 0. The standard InChI is InChI=1S/C13H13ClN2O2S/c14-9-3-1-8(2-4-9)7-10-11(17)15-13-16(12(10)18)5-6-19-13/h1-4,10,13H,5-7H2,(H,15,17). The first-order valence-corrected chi connectivity index (χ1v) is 7.55. The normalized spacial score (nSPS) is 26.3. The Labute approximate surface area is 120 Å². The fourth-order valence-electron chi connectivity index (χ4n) is 2.39. The SMILES string of the molecule is O=C1NC2SCCN2C(=O)C1Cc1ccc(Cl)cc1. The fourth-order valence-corrected chi connectivity index (χ4v) is 3.63. The Morgan fingerprint density at radius 2 is 2.05 bits per heavy atom. The number of thioether (sulfide) groups is 1. The van der Waals surface area contributed by atoms with Crippen molar-refractivity contribution in [3.63, 3.8) is 0 Å². The van der Waals surface area contributed by atoms with Crippen molar-refractivity contribution in [3.05, 3.63) is 34.9 Å². The molecule has 4 nitrogen and oxygen atoms in total. The zero-order valence-corrected chi connectivity index (χ0v) is 11.7. The number of hydrogen-bond acceptors (Lipinski definition) is 3. The molecule has 2 fully saturated rings. The molecule has 1 aromatic rings. The Kier molecular flexibility index (Phi) is 3.41. The molecule has 2 atom stereocenters. The van der Waals surface area contributed by atoms with Gasteiger partial charge in [-0.25, -0.2) is 0 Å². The van der Waals surface area contributed by atoms with E-state index in [1.54, 1.807) is 28.8 Å². The van der Waals surface area contributed by atoms with Crippen molar-refractivity contribution >= 4 is 35.2 Å². The van der Waals surface area contributed by atoms with E-state index >= 15 is 0 Å². The van der Waals surface area contributed by atoms with Crippen LogP contribution in [-0.4, -0.2) is 34.5 Å². The number of hydrogen-bond donors (Lipinski definition) is 1. The fraction of sp³-hybridized carbons (Fsp3) is 0.385. The van der Waals surface area contributed by atoms with Crippen molar-refractivity contribution in [2.24, 2.45) is 5.92 Å². The molecule has 2 aliphatic heterocycles. The third-order valence-electron chi connectivity index (χ3n) is 3.41. The summed E-state index contributed by atoms with van der Waals surface area (Å²) < 4.78 is 0. The van der Waals surface area contributed by atoms with Gasteiger partial charge in [-0.15, -0.1) is 11.8 Å². The van der Waals surface area contributed by atoms with Crippen LogP contribution in [0.1, 0.15) is 5.56 Å². The first-order chi connectivity index (χ1) is 9.15. The van der Waals surface area contributed by atoms with Gasteiger partial charge in [-0.2, -0.15) is 0 Å². The van der Waals surface area contributed by atoms with Crippen LogP contribution in [0.25, 0.3) is 0 Å². The highest BCUT2D eigenvalue weighted by Crippen LogP contribution is 2.28. The predicted molar refractivity (Wildman–Crippen MR) is 74.7 cm³/mol. The predicted octanol–water partition coefficient (Wildman–Crippen LogP) is 1.49. The van der Waals surface area contributed by atoms with E-state index < -0.39 is 5.92 Å². The molecule has 0 saturated carbocycles. The third-order valence-corrected chi connectivity index (χ3v) is 4.77. The van der Waals surface area contributed by atoms with E-state index in [1.165, 1.54) is 0 Å². The van der Waals surface area contributed by atoms with Crippen LogP contribution in [0.15, 0.2) is 24.3 Å². The summed E-state index contributed by atoms with van der Waals surface area (Å²) in [5, 5.41) is 3.55. The highest BCUT2D eigenvalue weighted by Gasteiger charge is 2.43. The smallest absolute Gasteiger partial charge is 0.237 e. The number of carbonyl (C=O) groups excluding carboxylic acids is 2. The molecule has 0 bridgehead atoms. The van der Waals surface area contributed by atoms with Gasteiger partial charge in [0.1, 0.15) is 5.92 Å². The summed E-state index contributed by atoms with van der Waals surface area (Å²) in [6.45, 7) is 0.714. The Hall–Kier alpha value is -1.20. The lowest BCUT2D eigenvalue weighted by Crippen LogP contribution is -2.58. The molecule has 2 unspecified atom stereocenters. The van der Waals surface area contributed by atoms with Gasteiger partial charge in [0.15, 0.2) is 5.50 Å². The number of fused-ring (bicyclic) bond motifs is 1. The van der Waals surface area contributed by atoms with Crippen molar-refractivity contribution in [2.75, 3.05) is 12.3 Å². The minimum Gasteiger partial charge on any atom is -0.326 e. The summed E-state index contributed by atoms with van der Waals surface area (Å²) >= 11 is 7.43. The molecule has 1 N–H and O–H groups in total. The van der Waals surface area contributed by atoms with Crippen LogP contribution in [0.2, 0.25) is 5.02 Å². The van der Waals surface area contributed by atoms with E-state index in [-0.39, 0.29) is 17.3 Å². The van der Waals surface area contributed by atoms with Gasteiger partial charge in [-0.3, -0.25) is 9.59 Å². The van der Waals surface area contributed by atoms with E-state index in [0.29, 0.717) is 18.0 Å². The van der Waals surface area contributed by atoms with Crippen molar-refractivity contribution in [2.45, 2.75) is 11.9 Å². The summed E-state index contributed by atoms with van der Waals surface area (Å²) in [5.41, 5.74) is 0.782. The maximum atomic E-state index is 12.3. The number of nitrogens with zero attached hydrogens (tertiary/aromatic N) is 1. The largest absolute Gasteiger partial charge is 0.326 e. The molecule has 0 aliphatic carbocycles. The van der Waals surface area contributed by atoms with Crippen LogP contribution in [0.3, 0.4) is 0 Å². The molecular weight excluding hydrogens is 284 g/mol.